The van der Waals surface area contributed by atoms with Gasteiger partial charge in [0.05, 0.1) is 0 Å². The molecule has 1 saturated carbocycles. The van der Waals surface area contributed by atoms with E-state index >= 15 is 0 Å². The van der Waals surface area contributed by atoms with Gasteiger partial charge in [-0.2, -0.15) is 0 Å². The zero-order chi connectivity index (χ0) is 9.68. The summed E-state index contributed by atoms with van der Waals surface area (Å²) in [5.41, 5.74) is 0. The smallest absolute Gasteiger partial charge is 0.323 e. The number of rotatable bonds is 5. The summed E-state index contributed by atoms with van der Waals surface area (Å²) in [5.74, 6) is -0.253. The van der Waals surface area contributed by atoms with Crippen molar-refractivity contribution in [3.63, 3.8) is 0 Å². The molecule has 1 aliphatic rings. The van der Waals surface area contributed by atoms with Crippen molar-refractivity contribution >= 4 is 12.0 Å². The fraction of sp³-hybridized carbons (Fsp3) is 0.750. The number of nitrogens with one attached hydrogen (secondary N) is 2. The van der Waals surface area contributed by atoms with Crippen LogP contribution >= 0.6 is 0 Å². The lowest BCUT2D eigenvalue weighted by atomic mass is 10.3. The van der Waals surface area contributed by atoms with Crippen molar-refractivity contribution in [1.82, 2.24) is 10.6 Å². The van der Waals surface area contributed by atoms with E-state index in [1.807, 2.05) is 0 Å². The average Bonchev–Trinajstić information content (AvgIpc) is 2.84. The summed E-state index contributed by atoms with van der Waals surface area (Å²) in [6, 6.07) is -0.400. The van der Waals surface area contributed by atoms with Crippen molar-refractivity contribution in [3.05, 3.63) is 0 Å². The van der Waals surface area contributed by atoms with E-state index in [1.54, 1.807) is 0 Å². The molecule has 5 nitrogen and oxygen atoms in total. The molecule has 0 atom stereocenters. The fourth-order valence-corrected chi connectivity index (χ4v) is 1.01. The first-order valence-electron chi connectivity index (χ1n) is 4.42. The second-order valence-electron chi connectivity index (χ2n) is 3.24. The lowest BCUT2D eigenvalue weighted by Crippen LogP contribution is -2.38. The number of aliphatic carboxylic acids is 1. The third-order valence-corrected chi connectivity index (χ3v) is 1.94. The van der Waals surface area contributed by atoms with E-state index in [4.69, 9.17) is 5.11 Å². The van der Waals surface area contributed by atoms with Gasteiger partial charge in [-0.25, -0.2) is 4.79 Å². The standard InChI is InChI=1S/C8H14N2O3/c11-7(12)5-10-8(13)9-4-3-6-1-2-6/h6H,1-5H2,(H,11,12)(H2,9,10,13). The highest BCUT2D eigenvalue weighted by Crippen LogP contribution is 2.31. The maximum atomic E-state index is 10.9. The number of carboxylic acids is 1. The Morgan fingerprint density at radius 2 is 2.00 bits per heavy atom. The van der Waals surface area contributed by atoms with Crippen molar-refractivity contribution in [2.45, 2.75) is 19.3 Å². The molecule has 0 spiro atoms. The minimum Gasteiger partial charge on any atom is -0.480 e. The molecule has 0 aromatic heterocycles. The maximum absolute atomic E-state index is 10.9. The quantitative estimate of drug-likeness (QED) is 0.572. The summed E-state index contributed by atoms with van der Waals surface area (Å²) >= 11 is 0. The lowest BCUT2D eigenvalue weighted by Gasteiger charge is -2.04. The summed E-state index contributed by atoms with van der Waals surface area (Å²) in [6.45, 7) is 0.311. The molecule has 0 saturated heterocycles. The topological polar surface area (TPSA) is 78.4 Å². The van der Waals surface area contributed by atoms with Crippen LogP contribution in [0.1, 0.15) is 19.3 Å². The molecule has 0 radical (unpaired) electrons. The van der Waals surface area contributed by atoms with Crippen LogP contribution in [0.3, 0.4) is 0 Å². The first-order valence-corrected chi connectivity index (χ1v) is 4.42. The number of carbonyl (C=O) groups excluding carboxylic acids is 1. The third-order valence-electron chi connectivity index (χ3n) is 1.94. The van der Waals surface area contributed by atoms with Crippen LogP contribution in [0.15, 0.2) is 0 Å². The molecule has 0 bridgehead atoms. The predicted octanol–water partition coefficient (Wildman–Crippen LogP) is 0.170. The van der Waals surface area contributed by atoms with Crippen molar-refractivity contribution in [1.29, 1.82) is 0 Å². The molecule has 0 aromatic carbocycles. The Morgan fingerprint density at radius 1 is 1.31 bits per heavy atom. The van der Waals surface area contributed by atoms with Crippen molar-refractivity contribution in [3.8, 4) is 0 Å². The summed E-state index contributed by atoms with van der Waals surface area (Å²) in [4.78, 5) is 20.9. The maximum Gasteiger partial charge on any atom is 0.323 e. The second-order valence-corrected chi connectivity index (χ2v) is 3.24. The van der Waals surface area contributed by atoms with Crippen LogP contribution in [0, 0.1) is 5.92 Å². The zero-order valence-corrected chi connectivity index (χ0v) is 7.38. The van der Waals surface area contributed by atoms with E-state index in [9.17, 15) is 9.59 Å². The van der Waals surface area contributed by atoms with Gasteiger partial charge < -0.3 is 15.7 Å². The Kier molecular flexibility index (Phi) is 3.54. The van der Waals surface area contributed by atoms with Crippen molar-refractivity contribution < 1.29 is 14.7 Å². The van der Waals surface area contributed by atoms with Crippen LogP contribution in [0.2, 0.25) is 0 Å². The van der Waals surface area contributed by atoms with Crippen LogP contribution in [-0.4, -0.2) is 30.2 Å². The van der Waals surface area contributed by atoms with Gasteiger partial charge in [0, 0.05) is 6.54 Å². The third kappa shape index (κ3) is 5.05. The number of carbonyl (C=O) groups is 2. The van der Waals surface area contributed by atoms with Crippen LogP contribution in [0.4, 0.5) is 4.79 Å². The van der Waals surface area contributed by atoms with Gasteiger partial charge in [-0.05, 0) is 12.3 Å². The van der Waals surface area contributed by atoms with Crippen molar-refractivity contribution in [2.75, 3.05) is 13.1 Å². The van der Waals surface area contributed by atoms with Crippen LogP contribution < -0.4 is 10.6 Å². The molecule has 1 aliphatic carbocycles. The molecule has 2 amide bonds. The molecule has 0 heterocycles. The summed E-state index contributed by atoms with van der Waals surface area (Å²) in [7, 11) is 0. The molecule has 1 rings (SSSR count). The minimum atomic E-state index is -1.03. The second kappa shape index (κ2) is 4.69. The summed E-state index contributed by atoms with van der Waals surface area (Å²) < 4.78 is 0. The van der Waals surface area contributed by atoms with Gasteiger partial charge >= 0.3 is 12.0 Å². The SMILES string of the molecule is O=C(O)CNC(=O)NCCC1CC1. The first kappa shape index (κ1) is 9.83. The molecule has 3 N–H and O–H groups in total. The molecule has 5 heteroatoms. The van der Waals surface area contributed by atoms with Gasteiger partial charge in [-0.1, -0.05) is 12.8 Å². The van der Waals surface area contributed by atoms with Crippen LogP contribution in [-0.2, 0) is 4.79 Å². The van der Waals surface area contributed by atoms with Gasteiger partial charge in [-0.15, -0.1) is 0 Å². The van der Waals surface area contributed by atoms with Gasteiger partial charge in [0.1, 0.15) is 6.54 Å². The number of carboxylic acid groups (broad SMARTS) is 1. The van der Waals surface area contributed by atoms with Crippen molar-refractivity contribution in [2.24, 2.45) is 5.92 Å². The molecule has 74 valence electrons. The Bertz CT molecular complexity index is 202. The summed E-state index contributed by atoms with van der Waals surface area (Å²) in [5, 5.41) is 13.1. The number of amides is 2. The Balaban J connectivity index is 1.93. The van der Waals surface area contributed by atoms with E-state index in [1.165, 1.54) is 12.8 Å². The molecule has 1 fully saturated rings. The van der Waals surface area contributed by atoms with E-state index in [0.717, 1.165) is 12.3 Å². The van der Waals surface area contributed by atoms with Gasteiger partial charge in [0.15, 0.2) is 0 Å². The van der Waals surface area contributed by atoms with Gasteiger partial charge in [0.2, 0.25) is 0 Å². The molecular formula is C8H14N2O3. The number of hydrogen-bond donors (Lipinski definition) is 3. The zero-order valence-electron chi connectivity index (χ0n) is 7.38. The highest BCUT2D eigenvalue weighted by atomic mass is 16.4. The minimum absolute atomic E-state index is 0.324. The van der Waals surface area contributed by atoms with Gasteiger partial charge in [-0.3, -0.25) is 4.79 Å². The van der Waals surface area contributed by atoms with E-state index in [0.29, 0.717) is 6.54 Å². The largest absolute Gasteiger partial charge is 0.480 e. The predicted molar refractivity (Wildman–Crippen MR) is 46.4 cm³/mol. The number of urea groups is 1. The lowest BCUT2D eigenvalue weighted by molar-refractivity contribution is -0.135. The Hall–Kier alpha value is -1.26. The first-order chi connectivity index (χ1) is 6.18. The van der Waals surface area contributed by atoms with E-state index < -0.39 is 12.0 Å². The molecular weight excluding hydrogens is 172 g/mol. The highest BCUT2D eigenvalue weighted by Gasteiger charge is 2.20. The number of hydrogen-bond acceptors (Lipinski definition) is 2. The molecule has 0 unspecified atom stereocenters. The Labute approximate surface area is 76.5 Å². The van der Waals surface area contributed by atoms with Crippen LogP contribution in [0.5, 0.6) is 0 Å². The molecule has 0 aromatic rings. The monoisotopic (exact) mass is 186 g/mol. The van der Waals surface area contributed by atoms with E-state index in [2.05, 4.69) is 10.6 Å². The highest BCUT2D eigenvalue weighted by molar-refractivity contribution is 5.79. The normalized spacial score (nSPS) is 15.1. The average molecular weight is 186 g/mol. The Morgan fingerprint density at radius 3 is 2.54 bits per heavy atom. The van der Waals surface area contributed by atoms with Gasteiger partial charge in [0.25, 0.3) is 0 Å². The van der Waals surface area contributed by atoms with Crippen LogP contribution in [0.25, 0.3) is 0 Å². The summed E-state index contributed by atoms with van der Waals surface area (Å²) in [6.07, 6.45) is 3.53. The molecule has 0 aliphatic heterocycles. The fourth-order valence-electron chi connectivity index (χ4n) is 1.01. The van der Waals surface area contributed by atoms with E-state index in [-0.39, 0.29) is 6.54 Å². The molecule has 13 heavy (non-hydrogen) atoms.